The standard InChI is InChI=1S/C21H18ClN5O/c22-16-8-6-14(7-9-16)18-24-19-17(20(25-18)27-12-10-23-11-13-27)28-21(26-19)15-4-2-1-3-5-15/h1-9,23H,10-13H2. The summed E-state index contributed by atoms with van der Waals surface area (Å²) >= 11 is 6.04. The van der Waals surface area contributed by atoms with E-state index in [2.05, 4.69) is 20.2 Å². The lowest BCUT2D eigenvalue weighted by atomic mass is 10.2. The Morgan fingerprint density at radius 3 is 2.36 bits per heavy atom. The van der Waals surface area contributed by atoms with E-state index in [9.17, 15) is 0 Å². The van der Waals surface area contributed by atoms with Crippen LogP contribution in [0.25, 0.3) is 34.1 Å². The van der Waals surface area contributed by atoms with Gasteiger partial charge in [-0.25, -0.2) is 9.97 Å². The van der Waals surface area contributed by atoms with Gasteiger partial charge in [-0.3, -0.25) is 0 Å². The topological polar surface area (TPSA) is 67.1 Å². The second kappa shape index (κ2) is 7.22. The zero-order valence-electron chi connectivity index (χ0n) is 15.1. The van der Waals surface area contributed by atoms with Crippen LogP contribution in [0, 0.1) is 0 Å². The fourth-order valence-electron chi connectivity index (χ4n) is 3.33. The van der Waals surface area contributed by atoms with Gasteiger partial charge in [-0.05, 0) is 36.4 Å². The van der Waals surface area contributed by atoms with Gasteiger partial charge in [0.2, 0.25) is 17.1 Å². The second-order valence-corrected chi connectivity index (χ2v) is 7.09. The van der Waals surface area contributed by atoms with Crippen LogP contribution >= 0.6 is 11.6 Å². The van der Waals surface area contributed by atoms with Crippen molar-refractivity contribution in [2.24, 2.45) is 0 Å². The van der Waals surface area contributed by atoms with Crippen LogP contribution in [-0.2, 0) is 0 Å². The predicted molar refractivity (Wildman–Crippen MR) is 111 cm³/mol. The van der Waals surface area contributed by atoms with E-state index in [1.54, 1.807) is 0 Å². The first kappa shape index (κ1) is 17.2. The third kappa shape index (κ3) is 3.21. The van der Waals surface area contributed by atoms with Crippen LogP contribution in [0.2, 0.25) is 5.02 Å². The average molecular weight is 392 g/mol. The Bertz CT molecular complexity index is 1110. The normalized spacial score (nSPS) is 14.5. The van der Waals surface area contributed by atoms with E-state index in [-0.39, 0.29) is 0 Å². The highest BCUT2D eigenvalue weighted by atomic mass is 35.5. The van der Waals surface area contributed by atoms with Crippen molar-refractivity contribution in [2.75, 3.05) is 31.1 Å². The molecule has 0 bridgehead atoms. The maximum atomic E-state index is 6.13. The van der Waals surface area contributed by atoms with Gasteiger partial charge in [-0.2, -0.15) is 4.98 Å². The highest BCUT2D eigenvalue weighted by Crippen LogP contribution is 2.32. The molecule has 0 aliphatic carbocycles. The minimum absolute atomic E-state index is 0.551. The summed E-state index contributed by atoms with van der Waals surface area (Å²) in [5.74, 6) is 1.95. The number of aromatic nitrogens is 3. The Morgan fingerprint density at radius 1 is 0.857 bits per heavy atom. The molecule has 7 heteroatoms. The molecule has 1 saturated heterocycles. The van der Waals surface area contributed by atoms with E-state index >= 15 is 0 Å². The number of hydrogen-bond donors (Lipinski definition) is 1. The van der Waals surface area contributed by atoms with Crippen molar-refractivity contribution >= 4 is 28.6 Å². The molecule has 2 aromatic heterocycles. The molecule has 6 nitrogen and oxygen atoms in total. The number of halogens is 1. The molecule has 0 radical (unpaired) electrons. The van der Waals surface area contributed by atoms with Crippen molar-refractivity contribution in [1.82, 2.24) is 20.3 Å². The van der Waals surface area contributed by atoms with Crippen LogP contribution in [0.1, 0.15) is 0 Å². The minimum atomic E-state index is 0.551. The Labute approximate surface area is 167 Å². The van der Waals surface area contributed by atoms with Crippen LogP contribution in [0.3, 0.4) is 0 Å². The summed E-state index contributed by atoms with van der Waals surface area (Å²) < 4.78 is 6.13. The fraction of sp³-hybridized carbons (Fsp3) is 0.190. The van der Waals surface area contributed by atoms with Crippen molar-refractivity contribution in [3.8, 4) is 22.8 Å². The lowest BCUT2D eigenvalue weighted by Crippen LogP contribution is -2.44. The number of oxazole rings is 1. The predicted octanol–water partition coefficient (Wildman–Crippen LogP) is 4.01. The van der Waals surface area contributed by atoms with Gasteiger partial charge in [0.15, 0.2) is 11.6 Å². The van der Waals surface area contributed by atoms with Gasteiger partial charge in [0.25, 0.3) is 0 Å². The van der Waals surface area contributed by atoms with Gasteiger partial charge < -0.3 is 14.6 Å². The number of nitrogens with zero attached hydrogens (tertiary/aromatic N) is 4. The monoisotopic (exact) mass is 391 g/mol. The van der Waals surface area contributed by atoms with E-state index in [1.807, 2.05) is 54.6 Å². The van der Waals surface area contributed by atoms with Gasteiger partial charge in [-0.1, -0.05) is 29.8 Å². The van der Waals surface area contributed by atoms with Crippen molar-refractivity contribution in [2.45, 2.75) is 0 Å². The molecular weight excluding hydrogens is 374 g/mol. The maximum absolute atomic E-state index is 6.13. The third-order valence-corrected chi connectivity index (χ3v) is 5.03. The SMILES string of the molecule is Clc1ccc(-c2nc(N3CCNCC3)c3oc(-c4ccccc4)nc3n2)cc1. The van der Waals surface area contributed by atoms with Crippen molar-refractivity contribution in [1.29, 1.82) is 0 Å². The van der Waals surface area contributed by atoms with Crippen LogP contribution < -0.4 is 10.2 Å². The van der Waals surface area contributed by atoms with Gasteiger partial charge in [0, 0.05) is 42.3 Å². The fourth-order valence-corrected chi connectivity index (χ4v) is 3.46. The number of hydrogen-bond acceptors (Lipinski definition) is 6. The molecular formula is C21H18ClN5O. The number of benzene rings is 2. The molecule has 1 aliphatic heterocycles. The summed E-state index contributed by atoms with van der Waals surface area (Å²) in [5, 5.41) is 4.05. The van der Waals surface area contributed by atoms with Crippen molar-refractivity contribution in [3.63, 3.8) is 0 Å². The number of piperazine rings is 1. The van der Waals surface area contributed by atoms with Crippen LogP contribution in [-0.4, -0.2) is 41.1 Å². The van der Waals surface area contributed by atoms with Crippen molar-refractivity contribution in [3.05, 3.63) is 59.6 Å². The van der Waals surface area contributed by atoms with Crippen LogP contribution in [0.5, 0.6) is 0 Å². The van der Waals surface area contributed by atoms with Crippen molar-refractivity contribution < 1.29 is 4.42 Å². The van der Waals surface area contributed by atoms with E-state index in [4.69, 9.17) is 21.0 Å². The lowest BCUT2D eigenvalue weighted by molar-refractivity contribution is 0.575. The molecule has 2 aromatic carbocycles. The Hall–Kier alpha value is -2.96. The molecule has 0 amide bonds. The van der Waals surface area contributed by atoms with Gasteiger partial charge in [0.05, 0.1) is 0 Å². The number of fused-ring (bicyclic) bond motifs is 1. The molecule has 0 saturated carbocycles. The molecule has 3 heterocycles. The quantitative estimate of drug-likeness (QED) is 0.569. The van der Waals surface area contributed by atoms with Crippen LogP contribution in [0.4, 0.5) is 5.82 Å². The van der Waals surface area contributed by atoms with Gasteiger partial charge >= 0.3 is 0 Å². The first-order chi connectivity index (χ1) is 13.8. The Balaban J connectivity index is 1.68. The van der Waals surface area contributed by atoms with E-state index in [0.717, 1.165) is 43.1 Å². The second-order valence-electron chi connectivity index (χ2n) is 6.65. The summed E-state index contributed by atoms with van der Waals surface area (Å²) in [6, 6.07) is 17.4. The molecule has 140 valence electrons. The number of anilines is 1. The molecule has 1 fully saturated rings. The molecule has 0 spiro atoms. The molecule has 0 atom stereocenters. The molecule has 1 aliphatic rings. The minimum Gasteiger partial charge on any atom is -0.430 e. The summed E-state index contributed by atoms with van der Waals surface area (Å²) in [5.41, 5.74) is 3.00. The molecule has 5 rings (SSSR count). The zero-order valence-corrected chi connectivity index (χ0v) is 15.9. The summed E-state index contributed by atoms with van der Waals surface area (Å²) in [4.78, 5) is 16.4. The van der Waals surface area contributed by atoms with E-state index < -0.39 is 0 Å². The zero-order chi connectivity index (χ0) is 18.9. The molecule has 1 N–H and O–H groups in total. The number of rotatable bonds is 3. The van der Waals surface area contributed by atoms with Gasteiger partial charge in [-0.15, -0.1) is 0 Å². The summed E-state index contributed by atoms with van der Waals surface area (Å²) in [6.45, 7) is 3.52. The Kier molecular flexibility index (Phi) is 4.43. The third-order valence-electron chi connectivity index (χ3n) is 4.78. The van der Waals surface area contributed by atoms with Crippen LogP contribution in [0.15, 0.2) is 59.0 Å². The highest BCUT2D eigenvalue weighted by Gasteiger charge is 2.22. The molecule has 28 heavy (non-hydrogen) atoms. The molecule has 4 aromatic rings. The molecule has 0 unspecified atom stereocenters. The first-order valence-corrected chi connectivity index (χ1v) is 9.61. The summed E-state index contributed by atoms with van der Waals surface area (Å²) in [7, 11) is 0. The lowest BCUT2D eigenvalue weighted by Gasteiger charge is -2.28. The van der Waals surface area contributed by atoms with E-state index in [0.29, 0.717) is 28.0 Å². The smallest absolute Gasteiger partial charge is 0.229 e. The largest absolute Gasteiger partial charge is 0.430 e. The Morgan fingerprint density at radius 2 is 1.61 bits per heavy atom. The number of nitrogens with one attached hydrogen (secondary N) is 1. The van der Waals surface area contributed by atoms with Gasteiger partial charge in [0.1, 0.15) is 0 Å². The van der Waals surface area contributed by atoms with E-state index in [1.165, 1.54) is 0 Å². The average Bonchev–Trinajstić information content (AvgIpc) is 3.19. The first-order valence-electron chi connectivity index (χ1n) is 9.23. The highest BCUT2D eigenvalue weighted by molar-refractivity contribution is 6.30. The summed E-state index contributed by atoms with van der Waals surface area (Å²) in [6.07, 6.45) is 0. The maximum Gasteiger partial charge on any atom is 0.229 e.